The van der Waals surface area contributed by atoms with E-state index in [9.17, 15) is 13.2 Å². The first kappa shape index (κ1) is 18.1. The molecule has 1 aliphatic heterocycles. The van der Waals surface area contributed by atoms with E-state index >= 15 is 0 Å². The van der Waals surface area contributed by atoms with E-state index in [-0.39, 0.29) is 29.2 Å². The minimum absolute atomic E-state index is 0.0467. The lowest BCUT2D eigenvalue weighted by atomic mass is 10.1. The number of hydrogen-bond donors (Lipinski definition) is 0. The number of nitrogens with zero attached hydrogens (tertiary/aromatic N) is 1. The second-order valence-electron chi connectivity index (χ2n) is 6.05. The average molecular weight is 380 g/mol. The predicted octanol–water partition coefficient (Wildman–Crippen LogP) is 3.15. The van der Waals surface area contributed by atoms with Crippen molar-refractivity contribution < 1.29 is 17.9 Å². The second-order valence-corrected chi connectivity index (χ2v) is 8.94. The van der Waals surface area contributed by atoms with E-state index in [1.165, 1.54) is 24.8 Å². The lowest BCUT2D eigenvalue weighted by molar-refractivity contribution is 0.0736. The van der Waals surface area contributed by atoms with Crippen molar-refractivity contribution in [3.8, 4) is 0 Å². The van der Waals surface area contributed by atoms with Gasteiger partial charge in [-0.3, -0.25) is 4.79 Å². The van der Waals surface area contributed by atoms with Crippen LogP contribution in [0.25, 0.3) is 0 Å². The van der Waals surface area contributed by atoms with Crippen LogP contribution in [0, 0.1) is 0 Å². The highest BCUT2D eigenvalue weighted by molar-refractivity contribution is 7.91. The molecule has 3 rings (SSSR count). The highest BCUT2D eigenvalue weighted by atomic mass is 32.2. The van der Waals surface area contributed by atoms with Crippen molar-refractivity contribution in [2.24, 2.45) is 0 Å². The zero-order valence-corrected chi connectivity index (χ0v) is 15.7. The van der Waals surface area contributed by atoms with Crippen LogP contribution in [-0.2, 0) is 14.6 Å². The minimum Gasteiger partial charge on any atom is -0.384 e. The van der Waals surface area contributed by atoms with E-state index in [0.29, 0.717) is 5.56 Å². The van der Waals surface area contributed by atoms with Gasteiger partial charge in [0.15, 0.2) is 9.84 Å². The van der Waals surface area contributed by atoms with Gasteiger partial charge in [0.25, 0.3) is 5.91 Å². The summed E-state index contributed by atoms with van der Waals surface area (Å²) in [4.78, 5) is 15.0. The third-order valence-electron chi connectivity index (χ3n) is 4.46. The largest absolute Gasteiger partial charge is 0.384 e. The maximum absolute atomic E-state index is 12.8. The van der Waals surface area contributed by atoms with Crippen molar-refractivity contribution in [3.63, 3.8) is 0 Å². The highest BCUT2D eigenvalue weighted by Crippen LogP contribution is 2.34. The van der Waals surface area contributed by atoms with Gasteiger partial charge >= 0.3 is 0 Å². The van der Waals surface area contributed by atoms with Gasteiger partial charge in [-0.1, -0.05) is 0 Å². The third kappa shape index (κ3) is 3.94. The van der Waals surface area contributed by atoms with Gasteiger partial charge in [-0.05, 0) is 59.5 Å². The SMILES string of the molecule is COCCS(=O)(=O)c1ccc(C(=O)N2CCCC2c2ccsc2)cc1. The number of thiophene rings is 1. The van der Waals surface area contributed by atoms with Crippen LogP contribution in [0.2, 0.25) is 0 Å². The first-order valence-corrected chi connectivity index (χ1v) is 10.8. The monoisotopic (exact) mass is 379 g/mol. The molecule has 1 atom stereocenters. The van der Waals surface area contributed by atoms with Crippen LogP contribution in [0.4, 0.5) is 0 Å². The van der Waals surface area contributed by atoms with Crippen LogP contribution >= 0.6 is 11.3 Å². The molecular formula is C18H21NO4S2. The maximum atomic E-state index is 12.8. The predicted molar refractivity (Wildman–Crippen MR) is 97.7 cm³/mol. The molecule has 7 heteroatoms. The zero-order valence-electron chi connectivity index (χ0n) is 14.1. The number of amides is 1. The molecule has 1 aromatic carbocycles. The molecule has 1 aromatic heterocycles. The Morgan fingerprint density at radius 2 is 2.04 bits per heavy atom. The molecule has 134 valence electrons. The van der Waals surface area contributed by atoms with E-state index in [1.807, 2.05) is 10.3 Å². The fraction of sp³-hybridized carbons (Fsp3) is 0.389. The van der Waals surface area contributed by atoms with Gasteiger partial charge in [-0.15, -0.1) is 0 Å². The van der Waals surface area contributed by atoms with Crippen LogP contribution in [0.15, 0.2) is 46.0 Å². The lowest BCUT2D eigenvalue weighted by Gasteiger charge is -2.24. The Hall–Kier alpha value is -1.70. The molecule has 1 saturated heterocycles. The fourth-order valence-electron chi connectivity index (χ4n) is 3.10. The summed E-state index contributed by atoms with van der Waals surface area (Å²) in [5.74, 6) is -0.113. The average Bonchev–Trinajstić information content (AvgIpc) is 3.30. The van der Waals surface area contributed by atoms with Crippen molar-refractivity contribution in [1.29, 1.82) is 0 Å². The van der Waals surface area contributed by atoms with Crippen molar-refractivity contribution in [2.75, 3.05) is 26.0 Å². The van der Waals surface area contributed by atoms with E-state index < -0.39 is 9.84 Å². The summed E-state index contributed by atoms with van der Waals surface area (Å²) in [5.41, 5.74) is 1.70. The van der Waals surface area contributed by atoms with E-state index in [4.69, 9.17) is 4.74 Å². The maximum Gasteiger partial charge on any atom is 0.254 e. The molecule has 25 heavy (non-hydrogen) atoms. The molecule has 0 N–H and O–H groups in total. The van der Waals surface area contributed by atoms with Gasteiger partial charge in [-0.25, -0.2) is 8.42 Å². The summed E-state index contributed by atoms with van der Waals surface area (Å²) >= 11 is 1.63. The zero-order chi connectivity index (χ0) is 17.9. The van der Waals surface area contributed by atoms with Crippen molar-refractivity contribution >= 4 is 27.1 Å². The molecule has 1 amide bonds. The molecule has 2 heterocycles. The van der Waals surface area contributed by atoms with Gasteiger partial charge in [-0.2, -0.15) is 11.3 Å². The van der Waals surface area contributed by atoms with Crippen molar-refractivity contribution in [3.05, 3.63) is 52.2 Å². The topological polar surface area (TPSA) is 63.7 Å². The van der Waals surface area contributed by atoms with E-state index in [2.05, 4.69) is 11.4 Å². The fourth-order valence-corrected chi connectivity index (χ4v) is 4.98. The number of sulfone groups is 1. The second kappa shape index (κ2) is 7.68. The summed E-state index contributed by atoms with van der Waals surface area (Å²) in [6.45, 7) is 0.881. The van der Waals surface area contributed by atoms with Gasteiger partial charge < -0.3 is 9.64 Å². The number of carbonyl (C=O) groups excluding carboxylic acids is 1. The smallest absolute Gasteiger partial charge is 0.254 e. The van der Waals surface area contributed by atoms with Crippen LogP contribution in [0.3, 0.4) is 0 Å². The molecule has 0 bridgehead atoms. The molecular weight excluding hydrogens is 358 g/mol. The summed E-state index contributed by atoms with van der Waals surface area (Å²) in [7, 11) is -1.91. The van der Waals surface area contributed by atoms with Gasteiger partial charge in [0.05, 0.1) is 23.3 Å². The van der Waals surface area contributed by atoms with Crippen molar-refractivity contribution in [1.82, 2.24) is 4.90 Å². The van der Waals surface area contributed by atoms with Crippen LogP contribution in [0.5, 0.6) is 0 Å². The molecule has 0 saturated carbocycles. The Morgan fingerprint density at radius 3 is 2.68 bits per heavy atom. The lowest BCUT2D eigenvalue weighted by Crippen LogP contribution is -2.30. The van der Waals surface area contributed by atoms with E-state index in [1.54, 1.807) is 23.5 Å². The number of methoxy groups -OCH3 is 1. The highest BCUT2D eigenvalue weighted by Gasteiger charge is 2.30. The molecule has 1 fully saturated rings. The Kier molecular flexibility index (Phi) is 5.56. The van der Waals surface area contributed by atoms with Crippen LogP contribution < -0.4 is 0 Å². The first-order valence-electron chi connectivity index (χ1n) is 8.18. The molecule has 0 radical (unpaired) electrons. The summed E-state index contributed by atoms with van der Waals surface area (Å²) in [6.07, 6.45) is 1.95. The Morgan fingerprint density at radius 1 is 1.28 bits per heavy atom. The third-order valence-corrected chi connectivity index (χ3v) is 6.85. The van der Waals surface area contributed by atoms with Gasteiger partial charge in [0.2, 0.25) is 0 Å². The Labute approximate surface area is 152 Å². The Bertz CT molecular complexity index is 813. The number of carbonyl (C=O) groups is 1. The molecule has 5 nitrogen and oxygen atoms in total. The summed E-state index contributed by atoms with van der Waals surface area (Å²) in [5, 5.41) is 4.11. The number of rotatable bonds is 6. The molecule has 0 spiro atoms. The first-order chi connectivity index (χ1) is 12.0. The molecule has 2 aromatic rings. The Balaban J connectivity index is 1.77. The standard InChI is InChI=1S/C18H21NO4S2/c1-23-10-12-25(21,22)16-6-4-14(5-7-16)18(20)19-9-2-3-17(19)15-8-11-24-13-15/h4-8,11,13,17H,2-3,9-10,12H2,1H3. The van der Waals surface area contributed by atoms with Crippen LogP contribution in [-0.4, -0.2) is 45.2 Å². The number of likely N-dealkylation sites (tertiary alicyclic amines) is 1. The van der Waals surface area contributed by atoms with Gasteiger partial charge in [0.1, 0.15) is 0 Å². The van der Waals surface area contributed by atoms with Crippen LogP contribution in [0.1, 0.15) is 34.8 Å². The minimum atomic E-state index is -3.38. The molecule has 1 unspecified atom stereocenters. The van der Waals surface area contributed by atoms with E-state index in [0.717, 1.165) is 19.4 Å². The van der Waals surface area contributed by atoms with Gasteiger partial charge in [0, 0.05) is 19.2 Å². The quantitative estimate of drug-likeness (QED) is 0.773. The number of ether oxygens (including phenoxy) is 1. The molecule has 0 aliphatic carbocycles. The van der Waals surface area contributed by atoms with Crippen molar-refractivity contribution in [2.45, 2.75) is 23.8 Å². The number of benzene rings is 1. The molecule has 1 aliphatic rings. The summed E-state index contributed by atoms with van der Waals surface area (Å²) in [6, 6.07) is 8.40. The number of hydrogen-bond acceptors (Lipinski definition) is 5. The summed E-state index contributed by atoms with van der Waals surface area (Å²) < 4.78 is 29.2. The normalized spacial score (nSPS) is 17.8.